The number of anilines is 1. The Morgan fingerprint density at radius 3 is 3.06 bits per heavy atom. The number of thiazole rings is 1. The molecule has 92 valence electrons. The summed E-state index contributed by atoms with van der Waals surface area (Å²) in [5.74, 6) is 0.326. The van der Waals surface area contributed by atoms with Gasteiger partial charge in [-0.3, -0.25) is 13.9 Å². The lowest BCUT2D eigenvalue weighted by Gasteiger charge is -1.98. The first-order valence-electron chi connectivity index (χ1n) is 5.37. The van der Waals surface area contributed by atoms with Crippen LogP contribution in [-0.2, 0) is 13.5 Å². The fourth-order valence-corrected chi connectivity index (χ4v) is 2.50. The van der Waals surface area contributed by atoms with Gasteiger partial charge in [0.2, 0.25) is 0 Å². The highest BCUT2D eigenvalue weighted by Crippen LogP contribution is 2.15. The normalized spacial score (nSPS) is 11.2. The van der Waals surface area contributed by atoms with Gasteiger partial charge in [-0.15, -0.1) is 11.3 Å². The second kappa shape index (κ2) is 3.95. The van der Waals surface area contributed by atoms with E-state index in [2.05, 4.69) is 10.1 Å². The number of imidazole rings is 1. The summed E-state index contributed by atoms with van der Waals surface area (Å²) < 4.78 is 3.39. The lowest BCUT2D eigenvalue weighted by atomic mass is 10.1. The molecule has 0 fully saturated rings. The van der Waals surface area contributed by atoms with Crippen LogP contribution in [0.4, 0.5) is 5.82 Å². The van der Waals surface area contributed by atoms with E-state index in [1.807, 2.05) is 22.2 Å². The van der Waals surface area contributed by atoms with Gasteiger partial charge < -0.3 is 5.73 Å². The van der Waals surface area contributed by atoms with Gasteiger partial charge in [0.1, 0.15) is 5.82 Å². The van der Waals surface area contributed by atoms with Gasteiger partial charge in [0.25, 0.3) is 0 Å². The largest absolute Gasteiger partial charge is 0.383 e. The number of nitrogen functional groups attached to an aromatic ring is 1. The summed E-state index contributed by atoms with van der Waals surface area (Å²) in [6.07, 6.45) is 5.51. The van der Waals surface area contributed by atoms with Crippen molar-refractivity contribution in [3.63, 3.8) is 0 Å². The first-order chi connectivity index (χ1) is 8.65. The number of nitrogens with zero attached hydrogens (tertiary/aromatic N) is 4. The van der Waals surface area contributed by atoms with Crippen molar-refractivity contribution < 1.29 is 4.79 Å². The predicted molar refractivity (Wildman–Crippen MR) is 68.7 cm³/mol. The molecule has 0 aliphatic heterocycles. The van der Waals surface area contributed by atoms with Crippen molar-refractivity contribution >= 4 is 27.9 Å². The summed E-state index contributed by atoms with van der Waals surface area (Å²) in [5.41, 5.74) is 6.97. The number of Topliss-reactive ketones (excluding diaryl/α,β-unsaturated/α-hetero) is 1. The van der Waals surface area contributed by atoms with Crippen LogP contribution in [0, 0.1) is 0 Å². The second-order valence-corrected chi connectivity index (χ2v) is 4.87. The van der Waals surface area contributed by atoms with E-state index >= 15 is 0 Å². The zero-order valence-corrected chi connectivity index (χ0v) is 10.5. The van der Waals surface area contributed by atoms with Gasteiger partial charge in [0.15, 0.2) is 10.7 Å². The highest BCUT2D eigenvalue weighted by atomic mass is 32.1. The highest BCUT2D eigenvalue weighted by Gasteiger charge is 2.15. The van der Waals surface area contributed by atoms with Crippen molar-refractivity contribution in [2.45, 2.75) is 6.42 Å². The van der Waals surface area contributed by atoms with E-state index in [0.29, 0.717) is 11.4 Å². The fraction of sp³-hybridized carbons (Fsp3) is 0.182. The number of aryl methyl sites for hydroxylation is 1. The molecule has 0 saturated carbocycles. The molecule has 3 rings (SSSR count). The Labute approximate surface area is 107 Å². The van der Waals surface area contributed by atoms with E-state index < -0.39 is 0 Å². The molecular weight excluding hydrogens is 250 g/mol. The number of nitrogens with two attached hydrogens (primary N) is 1. The van der Waals surface area contributed by atoms with E-state index in [9.17, 15) is 4.79 Å². The zero-order valence-electron chi connectivity index (χ0n) is 9.70. The van der Waals surface area contributed by atoms with Gasteiger partial charge in [-0.2, -0.15) is 5.10 Å². The van der Waals surface area contributed by atoms with Gasteiger partial charge in [-0.25, -0.2) is 4.98 Å². The Morgan fingerprint density at radius 1 is 1.56 bits per heavy atom. The van der Waals surface area contributed by atoms with Crippen molar-refractivity contribution in [1.82, 2.24) is 19.2 Å². The molecule has 0 atom stereocenters. The molecule has 0 amide bonds. The summed E-state index contributed by atoms with van der Waals surface area (Å²) in [6.45, 7) is 0. The lowest BCUT2D eigenvalue weighted by molar-refractivity contribution is 0.0993. The Kier molecular flexibility index (Phi) is 2.41. The maximum Gasteiger partial charge on any atom is 0.193 e. The van der Waals surface area contributed by atoms with Crippen molar-refractivity contribution in [1.29, 1.82) is 0 Å². The van der Waals surface area contributed by atoms with Gasteiger partial charge >= 0.3 is 0 Å². The van der Waals surface area contributed by atoms with Gasteiger partial charge in [0, 0.05) is 24.8 Å². The average molecular weight is 261 g/mol. The Balaban J connectivity index is 1.86. The minimum Gasteiger partial charge on any atom is -0.383 e. The Morgan fingerprint density at radius 2 is 2.39 bits per heavy atom. The summed E-state index contributed by atoms with van der Waals surface area (Å²) in [7, 11) is 1.71. The second-order valence-electron chi connectivity index (χ2n) is 3.99. The summed E-state index contributed by atoms with van der Waals surface area (Å²) >= 11 is 1.54. The first kappa shape index (κ1) is 11.0. The molecule has 7 heteroatoms. The molecule has 3 heterocycles. The number of hydrogen-bond donors (Lipinski definition) is 1. The van der Waals surface area contributed by atoms with Gasteiger partial charge in [-0.1, -0.05) is 0 Å². The molecule has 0 spiro atoms. The van der Waals surface area contributed by atoms with Crippen LogP contribution < -0.4 is 5.73 Å². The van der Waals surface area contributed by atoms with Crippen molar-refractivity contribution in [2.75, 3.05) is 5.73 Å². The number of ketones is 1. The minimum atomic E-state index is -0.0636. The highest BCUT2D eigenvalue weighted by molar-refractivity contribution is 7.15. The molecule has 2 N–H and O–H groups in total. The topological polar surface area (TPSA) is 78.2 Å². The quantitative estimate of drug-likeness (QED) is 0.717. The molecule has 0 radical (unpaired) electrons. The SMILES string of the molecule is Cn1ncc(C(=O)Cc2cn3ccsc3n2)c1N. The van der Waals surface area contributed by atoms with Gasteiger partial charge in [-0.05, 0) is 0 Å². The summed E-state index contributed by atoms with van der Waals surface area (Å²) in [6, 6.07) is 0. The predicted octanol–water partition coefficient (Wildman–Crippen LogP) is 1.14. The number of hydrogen-bond acceptors (Lipinski definition) is 5. The van der Waals surface area contributed by atoms with Crippen LogP contribution in [0.2, 0.25) is 0 Å². The van der Waals surface area contributed by atoms with Crippen LogP contribution in [0.3, 0.4) is 0 Å². The summed E-state index contributed by atoms with van der Waals surface area (Å²) in [5, 5.41) is 5.91. The third-order valence-electron chi connectivity index (χ3n) is 2.77. The van der Waals surface area contributed by atoms with E-state index in [1.165, 1.54) is 22.2 Å². The number of carbonyl (C=O) groups excluding carboxylic acids is 1. The smallest absolute Gasteiger partial charge is 0.193 e. The Hall–Kier alpha value is -2.15. The number of fused-ring (bicyclic) bond motifs is 1. The van der Waals surface area contributed by atoms with Crippen LogP contribution in [0.15, 0.2) is 24.0 Å². The van der Waals surface area contributed by atoms with E-state index in [0.717, 1.165) is 10.7 Å². The molecule has 3 aromatic rings. The Bertz CT molecular complexity index is 694. The molecular formula is C11H11N5OS. The van der Waals surface area contributed by atoms with Crippen LogP contribution in [0.25, 0.3) is 4.96 Å². The maximum absolute atomic E-state index is 12.1. The molecule has 0 aliphatic carbocycles. The third kappa shape index (κ3) is 1.68. The molecule has 0 aliphatic rings. The zero-order chi connectivity index (χ0) is 12.7. The number of aromatic nitrogens is 4. The fourth-order valence-electron chi connectivity index (χ4n) is 1.78. The standard InChI is InChI=1S/C11H11N5OS/c1-15-10(12)8(5-13-15)9(17)4-7-6-16-2-3-18-11(16)14-7/h2-3,5-6H,4,12H2,1H3. The number of carbonyl (C=O) groups is 1. The van der Waals surface area contributed by atoms with Crippen molar-refractivity contribution in [2.24, 2.45) is 7.05 Å². The van der Waals surface area contributed by atoms with Crippen molar-refractivity contribution in [3.05, 3.63) is 35.2 Å². The number of rotatable bonds is 3. The molecule has 0 saturated heterocycles. The molecule has 0 bridgehead atoms. The minimum absolute atomic E-state index is 0.0636. The molecule has 6 nitrogen and oxygen atoms in total. The summed E-state index contributed by atoms with van der Waals surface area (Å²) in [4.78, 5) is 17.3. The van der Waals surface area contributed by atoms with Crippen LogP contribution in [0.5, 0.6) is 0 Å². The average Bonchev–Trinajstić information content (AvgIpc) is 2.96. The maximum atomic E-state index is 12.1. The van der Waals surface area contributed by atoms with Gasteiger partial charge in [0.05, 0.1) is 23.9 Å². The first-order valence-corrected chi connectivity index (χ1v) is 6.25. The van der Waals surface area contributed by atoms with E-state index in [-0.39, 0.29) is 12.2 Å². The van der Waals surface area contributed by atoms with E-state index in [4.69, 9.17) is 5.73 Å². The van der Waals surface area contributed by atoms with E-state index in [1.54, 1.807) is 7.05 Å². The van der Waals surface area contributed by atoms with Crippen LogP contribution in [-0.4, -0.2) is 24.9 Å². The molecule has 3 aromatic heterocycles. The van der Waals surface area contributed by atoms with Crippen molar-refractivity contribution in [3.8, 4) is 0 Å². The van der Waals surface area contributed by atoms with Crippen LogP contribution >= 0.6 is 11.3 Å². The van der Waals surface area contributed by atoms with Crippen LogP contribution in [0.1, 0.15) is 16.1 Å². The molecule has 0 unspecified atom stereocenters. The molecule has 0 aromatic carbocycles. The molecule has 18 heavy (non-hydrogen) atoms. The lowest BCUT2D eigenvalue weighted by Crippen LogP contribution is -2.07. The third-order valence-corrected chi connectivity index (χ3v) is 3.54. The monoisotopic (exact) mass is 261 g/mol.